The highest BCUT2D eigenvalue weighted by atomic mass is 19.4. The first-order valence-corrected chi connectivity index (χ1v) is 7.46. The molecule has 21 heavy (non-hydrogen) atoms. The van der Waals surface area contributed by atoms with Crippen LogP contribution >= 0.6 is 0 Å². The Kier molecular flexibility index (Phi) is 5.14. The van der Waals surface area contributed by atoms with Gasteiger partial charge < -0.3 is 15.2 Å². The minimum atomic E-state index is -4.34. The Bertz CT molecular complexity index is 367. The van der Waals surface area contributed by atoms with E-state index in [-0.39, 0.29) is 19.4 Å². The molecule has 0 aromatic carbocycles. The molecule has 2 unspecified atom stereocenters. The van der Waals surface area contributed by atoms with Gasteiger partial charge in [-0.15, -0.1) is 0 Å². The number of carbonyl (C=O) groups is 1. The van der Waals surface area contributed by atoms with Crippen LogP contribution in [0, 0.1) is 11.8 Å². The molecular weight excluding hydrogens is 287 g/mol. The summed E-state index contributed by atoms with van der Waals surface area (Å²) in [6.07, 6.45) is -2.13. The van der Waals surface area contributed by atoms with Gasteiger partial charge in [0.2, 0.25) is 5.91 Å². The van der Waals surface area contributed by atoms with Crippen molar-refractivity contribution in [3.05, 3.63) is 0 Å². The Hall–Kier alpha value is -0.820. The number of halogens is 3. The summed E-state index contributed by atoms with van der Waals surface area (Å²) in [6.45, 7) is 0.804. The third-order valence-electron chi connectivity index (χ3n) is 4.54. The molecule has 7 heteroatoms. The average Bonchev–Trinajstić information content (AvgIpc) is 2.45. The summed E-state index contributed by atoms with van der Waals surface area (Å²) in [4.78, 5) is 12.1. The number of nitrogens with one attached hydrogen (secondary N) is 1. The molecule has 0 aromatic heterocycles. The van der Waals surface area contributed by atoms with Crippen molar-refractivity contribution >= 4 is 5.91 Å². The molecule has 2 N–H and O–H groups in total. The van der Waals surface area contributed by atoms with Crippen molar-refractivity contribution in [2.45, 2.75) is 50.3 Å². The number of alkyl halides is 3. The van der Waals surface area contributed by atoms with Crippen LogP contribution in [0.3, 0.4) is 0 Å². The van der Waals surface area contributed by atoms with Crippen LogP contribution in [0.4, 0.5) is 13.2 Å². The molecule has 2 fully saturated rings. The fourth-order valence-electron chi connectivity index (χ4n) is 3.15. The maximum absolute atomic E-state index is 13.0. The SMILES string of the molecule is O=C(NCC1(O)CCOCC1)C1CCCCC1C(F)(F)F. The first-order chi connectivity index (χ1) is 9.82. The minimum absolute atomic E-state index is 0.00370. The molecule has 1 saturated carbocycles. The molecule has 0 bridgehead atoms. The van der Waals surface area contributed by atoms with Crippen molar-refractivity contribution in [2.24, 2.45) is 11.8 Å². The third-order valence-corrected chi connectivity index (χ3v) is 4.54. The van der Waals surface area contributed by atoms with Crippen LogP contribution in [-0.2, 0) is 9.53 Å². The van der Waals surface area contributed by atoms with Gasteiger partial charge in [-0.05, 0) is 12.8 Å². The molecule has 1 saturated heterocycles. The van der Waals surface area contributed by atoms with E-state index in [4.69, 9.17) is 4.74 Å². The van der Waals surface area contributed by atoms with Crippen LogP contribution in [0.15, 0.2) is 0 Å². The Morgan fingerprint density at radius 1 is 1.24 bits per heavy atom. The van der Waals surface area contributed by atoms with Gasteiger partial charge >= 0.3 is 6.18 Å². The van der Waals surface area contributed by atoms with Gasteiger partial charge in [-0.3, -0.25) is 4.79 Å². The van der Waals surface area contributed by atoms with Gasteiger partial charge in [-0.2, -0.15) is 13.2 Å². The minimum Gasteiger partial charge on any atom is -0.388 e. The Morgan fingerprint density at radius 2 is 1.86 bits per heavy atom. The van der Waals surface area contributed by atoms with E-state index >= 15 is 0 Å². The van der Waals surface area contributed by atoms with Crippen LogP contribution in [0.5, 0.6) is 0 Å². The number of amides is 1. The zero-order chi connectivity index (χ0) is 15.5. The van der Waals surface area contributed by atoms with Gasteiger partial charge in [0, 0.05) is 38.5 Å². The lowest BCUT2D eigenvalue weighted by Gasteiger charge is -2.35. The van der Waals surface area contributed by atoms with E-state index in [9.17, 15) is 23.1 Å². The van der Waals surface area contributed by atoms with Gasteiger partial charge in [-0.25, -0.2) is 0 Å². The van der Waals surface area contributed by atoms with Crippen LogP contribution in [-0.4, -0.2) is 42.5 Å². The average molecular weight is 309 g/mol. The lowest BCUT2D eigenvalue weighted by molar-refractivity contribution is -0.198. The second-order valence-electron chi connectivity index (χ2n) is 6.09. The molecule has 1 aliphatic carbocycles. The standard InChI is InChI=1S/C14H22F3NO3/c15-14(16,17)11-4-2-1-3-10(11)12(19)18-9-13(20)5-7-21-8-6-13/h10-11,20H,1-9H2,(H,18,19). The number of aliphatic hydroxyl groups is 1. The predicted molar refractivity (Wildman–Crippen MR) is 69.5 cm³/mol. The van der Waals surface area contributed by atoms with Crippen molar-refractivity contribution in [1.82, 2.24) is 5.32 Å². The molecule has 4 nitrogen and oxygen atoms in total. The van der Waals surface area contributed by atoms with Crippen molar-refractivity contribution in [1.29, 1.82) is 0 Å². The summed E-state index contributed by atoms with van der Waals surface area (Å²) < 4.78 is 44.1. The normalized spacial score (nSPS) is 29.9. The van der Waals surface area contributed by atoms with Crippen molar-refractivity contribution in [3.8, 4) is 0 Å². The summed E-state index contributed by atoms with van der Waals surface area (Å²) >= 11 is 0. The molecule has 1 amide bonds. The van der Waals surface area contributed by atoms with E-state index in [1.807, 2.05) is 0 Å². The summed E-state index contributed by atoms with van der Waals surface area (Å²) in [5.74, 6) is -3.17. The zero-order valence-electron chi connectivity index (χ0n) is 11.9. The largest absolute Gasteiger partial charge is 0.392 e. The molecule has 0 spiro atoms. The van der Waals surface area contributed by atoms with Crippen molar-refractivity contribution < 1.29 is 27.8 Å². The van der Waals surface area contributed by atoms with Gasteiger partial charge in [0.25, 0.3) is 0 Å². The molecular formula is C14H22F3NO3. The summed E-state index contributed by atoms with van der Waals surface area (Å²) in [6, 6.07) is 0. The Morgan fingerprint density at radius 3 is 2.48 bits per heavy atom. The van der Waals surface area contributed by atoms with Gasteiger partial charge in [0.05, 0.1) is 11.5 Å². The fraction of sp³-hybridized carbons (Fsp3) is 0.929. The summed E-state index contributed by atoms with van der Waals surface area (Å²) in [5, 5.41) is 12.7. The molecule has 2 rings (SSSR count). The number of hydrogen-bond donors (Lipinski definition) is 2. The highest BCUT2D eigenvalue weighted by Gasteiger charge is 2.48. The summed E-state index contributed by atoms with van der Waals surface area (Å²) in [7, 11) is 0. The number of hydrogen-bond acceptors (Lipinski definition) is 3. The van der Waals surface area contributed by atoms with E-state index in [0.717, 1.165) is 0 Å². The molecule has 0 aromatic rings. The third kappa shape index (κ3) is 4.32. The Balaban J connectivity index is 1.91. The highest BCUT2D eigenvalue weighted by molar-refractivity contribution is 5.79. The van der Waals surface area contributed by atoms with E-state index in [1.165, 1.54) is 0 Å². The molecule has 122 valence electrons. The molecule has 2 aliphatic rings. The van der Waals surface area contributed by atoms with Crippen LogP contribution in [0.1, 0.15) is 38.5 Å². The first-order valence-electron chi connectivity index (χ1n) is 7.46. The molecule has 0 radical (unpaired) electrons. The highest BCUT2D eigenvalue weighted by Crippen LogP contribution is 2.41. The topological polar surface area (TPSA) is 58.6 Å². The second kappa shape index (κ2) is 6.52. The maximum atomic E-state index is 13.0. The molecule has 1 heterocycles. The van der Waals surface area contributed by atoms with Crippen LogP contribution in [0.2, 0.25) is 0 Å². The maximum Gasteiger partial charge on any atom is 0.392 e. The smallest absolute Gasteiger partial charge is 0.388 e. The second-order valence-corrected chi connectivity index (χ2v) is 6.09. The van der Waals surface area contributed by atoms with E-state index < -0.39 is 29.5 Å². The van der Waals surface area contributed by atoms with Crippen LogP contribution < -0.4 is 5.32 Å². The van der Waals surface area contributed by atoms with Crippen molar-refractivity contribution in [3.63, 3.8) is 0 Å². The number of carbonyl (C=O) groups excluding carboxylic acids is 1. The fourth-order valence-corrected chi connectivity index (χ4v) is 3.15. The first kappa shape index (κ1) is 16.5. The summed E-state index contributed by atoms with van der Waals surface area (Å²) in [5.41, 5.74) is -1.06. The quantitative estimate of drug-likeness (QED) is 0.838. The molecule has 2 atom stereocenters. The Labute approximate surface area is 122 Å². The van der Waals surface area contributed by atoms with Gasteiger partial charge in [-0.1, -0.05) is 12.8 Å². The monoisotopic (exact) mass is 309 g/mol. The number of ether oxygens (including phenoxy) is 1. The van der Waals surface area contributed by atoms with E-state index in [2.05, 4.69) is 5.32 Å². The van der Waals surface area contributed by atoms with E-state index in [0.29, 0.717) is 38.9 Å². The van der Waals surface area contributed by atoms with Crippen molar-refractivity contribution in [2.75, 3.05) is 19.8 Å². The number of rotatable bonds is 3. The van der Waals surface area contributed by atoms with Crippen LogP contribution in [0.25, 0.3) is 0 Å². The van der Waals surface area contributed by atoms with Gasteiger partial charge in [0.1, 0.15) is 0 Å². The van der Waals surface area contributed by atoms with E-state index in [1.54, 1.807) is 0 Å². The predicted octanol–water partition coefficient (Wildman–Crippen LogP) is 2.01. The molecule has 1 aliphatic heterocycles. The lowest BCUT2D eigenvalue weighted by Crippen LogP contribution is -2.50. The van der Waals surface area contributed by atoms with Gasteiger partial charge in [0.15, 0.2) is 0 Å². The lowest BCUT2D eigenvalue weighted by atomic mass is 9.78. The zero-order valence-corrected chi connectivity index (χ0v) is 11.9.